The number of aromatic nitrogens is 3. The van der Waals surface area contributed by atoms with Crippen molar-refractivity contribution in [3.05, 3.63) is 51.9 Å². The van der Waals surface area contributed by atoms with Crippen molar-refractivity contribution >= 4 is 29.1 Å². The zero-order valence-electron chi connectivity index (χ0n) is 22.2. The van der Waals surface area contributed by atoms with Crippen LogP contribution in [0.1, 0.15) is 35.3 Å². The second-order valence-electron chi connectivity index (χ2n) is 9.62. The molecule has 0 radical (unpaired) electrons. The molecule has 3 atom stereocenters. The van der Waals surface area contributed by atoms with Gasteiger partial charge < -0.3 is 34.1 Å². The van der Waals surface area contributed by atoms with Crippen LogP contribution in [0.3, 0.4) is 0 Å². The number of hydrogen-bond acceptors (Lipinski definition) is 11. The molecule has 3 aromatic rings. The number of rotatable bonds is 5. The highest BCUT2D eigenvalue weighted by Gasteiger charge is 2.63. The number of Topliss-reactive ketones (excluding diaryl/α,β-unsaturated/α-hetero) is 2. The Labute approximate surface area is 233 Å². The van der Waals surface area contributed by atoms with Crippen molar-refractivity contribution in [3.8, 4) is 34.5 Å². The molecule has 0 amide bonds. The molecule has 3 aliphatic rings. The van der Waals surface area contributed by atoms with Crippen LogP contribution in [0.2, 0.25) is 5.02 Å². The van der Waals surface area contributed by atoms with E-state index in [9.17, 15) is 14.7 Å². The summed E-state index contributed by atoms with van der Waals surface area (Å²) in [5.41, 5.74) is -0.525. The van der Waals surface area contributed by atoms with Gasteiger partial charge in [-0.1, -0.05) is 18.5 Å². The Bertz CT molecular complexity index is 1610. The number of carbonyl (C=O) groups is 2. The number of methoxy groups -OCH3 is 4. The summed E-state index contributed by atoms with van der Waals surface area (Å²) in [6.07, 6.45) is 1.63. The lowest BCUT2D eigenvalue weighted by Crippen LogP contribution is -2.58. The van der Waals surface area contributed by atoms with E-state index < -0.39 is 29.1 Å². The van der Waals surface area contributed by atoms with Gasteiger partial charge in [0.05, 0.1) is 28.4 Å². The van der Waals surface area contributed by atoms with Gasteiger partial charge in [0.15, 0.2) is 17.2 Å². The van der Waals surface area contributed by atoms with E-state index in [0.717, 1.165) is 0 Å². The van der Waals surface area contributed by atoms with Crippen molar-refractivity contribution in [3.63, 3.8) is 0 Å². The number of fused-ring (bicyclic) bond motifs is 2. The second-order valence-corrected chi connectivity index (χ2v) is 10.0. The predicted octanol–water partition coefficient (Wildman–Crippen LogP) is 3.56. The molecule has 12 nitrogen and oxygen atoms in total. The Morgan fingerprint density at radius 2 is 1.68 bits per heavy atom. The molecule has 0 bridgehead atoms. The first-order valence-electron chi connectivity index (χ1n) is 12.3. The Kier molecular flexibility index (Phi) is 5.84. The minimum absolute atomic E-state index is 0.0295. The van der Waals surface area contributed by atoms with Crippen LogP contribution in [-0.2, 0) is 4.79 Å². The number of anilines is 1. The average molecular weight is 569 g/mol. The van der Waals surface area contributed by atoms with E-state index in [1.54, 1.807) is 19.1 Å². The summed E-state index contributed by atoms with van der Waals surface area (Å²) >= 11 is 6.57. The van der Waals surface area contributed by atoms with Crippen molar-refractivity contribution in [2.24, 2.45) is 5.92 Å². The maximum atomic E-state index is 14.7. The summed E-state index contributed by atoms with van der Waals surface area (Å²) in [7, 11) is 5.65. The third-order valence-electron chi connectivity index (χ3n) is 7.70. The van der Waals surface area contributed by atoms with Gasteiger partial charge in [0.1, 0.15) is 34.5 Å². The summed E-state index contributed by atoms with van der Waals surface area (Å²) in [6.45, 7) is 1.77. The lowest BCUT2D eigenvalue weighted by Gasteiger charge is -2.41. The van der Waals surface area contributed by atoms with E-state index in [0.29, 0.717) is 17.2 Å². The van der Waals surface area contributed by atoms with E-state index in [1.165, 1.54) is 45.5 Å². The molecular weight excluding hydrogens is 544 g/mol. The van der Waals surface area contributed by atoms with Crippen molar-refractivity contribution in [2.75, 3.05) is 33.8 Å². The van der Waals surface area contributed by atoms with Crippen LogP contribution in [0.25, 0.3) is 0 Å². The van der Waals surface area contributed by atoms with Gasteiger partial charge in [-0.25, -0.2) is 4.68 Å². The quantitative estimate of drug-likeness (QED) is 0.436. The maximum Gasteiger partial charge on any atom is 0.236 e. The van der Waals surface area contributed by atoms with Gasteiger partial charge in [-0.3, -0.25) is 9.59 Å². The minimum Gasteiger partial charge on any atom is -0.502 e. The van der Waals surface area contributed by atoms with E-state index >= 15 is 0 Å². The first-order valence-corrected chi connectivity index (χ1v) is 12.7. The van der Waals surface area contributed by atoms with Gasteiger partial charge in [-0.15, -0.1) is 0 Å². The molecule has 6 rings (SSSR count). The molecular formula is C27H25ClN4O8. The average Bonchev–Trinajstić information content (AvgIpc) is 3.55. The number of aromatic hydroxyl groups is 1. The second kappa shape index (κ2) is 9.05. The molecule has 1 aliphatic carbocycles. The molecule has 1 spiro atoms. The smallest absolute Gasteiger partial charge is 0.236 e. The van der Waals surface area contributed by atoms with Crippen LogP contribution in [-0.4, -0.2) is 65.5 Å². The lowest BCUT2D eigenvalue weighted by atomic mass is 9.69. The number of nitrogens with one attached hydrogen (secondary N) is 1. The first-order chi connectivity index (χ1) is 19.2. The van der Waals surface area contributed by atoms with Gasteiger partial charge in [0, 0.05) is 23.3 Å². The zero-order valence-corrected chi connectivity index (χ0v) is 23.0. The number of phenols is 1. The number of ketones is 2. The number of allylic oxidation sites excluding steroid dienone is 1. The molecule has 208 valence electrons. The van der Waals surface area contributed by atoms with Gasteiger partial charge in [0.25, 0.3) is 0 Å². The van der Waals surface area contributed by atoms with Crippen LogP contribution < -0.4 is 29.0 Å². The summed E-state index contributed by atoms with van der Waals surface area (Å²) < 4.78 is 29.4. The molecule has 3 heterocycles. The number of benzene rings is 2. The van der Waals surface area contributed by atoms with Gasteiger partial charge >= 0.3 is 0 Å². The third kappa shape index (κ3) is 3.25. The predicted molar refractivity (Wildman–Crippen MR) is 141 cm³/mol. The fourth-order valence-electron chi connectivity index (χ4n) is 5.77. The Balaban J connectivity index is 1.56. The maximum absolute atomic E-state index is 14.7. The standard InChI is InChI=1S/C27H25ClN4O8/c1-11-6-13-18(24(34)27(11)25(35)19-14(36-2)9-15(37-3)20(28)23(19)40-27)21(32-26(31-13)29-10-30-32)12-7-16(38-4)22(33)17(8-12)39-5/h7-11,21,33H,6H2,1-5H3,(H,29,30,31)/t11-,21?,27+/m1/s1. The highest BCUT2D eigenvalue weighted by Crippen LogP contribution is 2.56. The third-order valence-corrected chi connectivity index (χ3v) is 8.06. The number of phenolic OH excluding ortho intramolecular Hbond substituents is 1. The van der Waals surface area contributed by atoms with Crippen LogP contribution in [0, 0.1) is 5.92 Å². The van der Waals surface area contributed by atoms with Gasteiger partial charge in [-0.2, -0.15) is 10.1 Å². The number of halogens is 1. The van der Waals surface area contributed by atoms with Crippen LogP contribution in [0.4, 0.5) is 5.95 Å². The minimum atomic E-state index is -1.92. The molecule has 2 aromatic carbocycles. The normalized spacial score (nSPS) is 22.8. The molecule has 1 aromatic heterocycles. The largest absolute Gasteiger partial charge is 0.502 e. The highest BCUT2D eigenvalue weighted by atomic mass is 35.5. The Morgan fingerprint density at radius 3 is 2.30 bits per heavy atom. The van der Waals surface area contributed by atoms with E-state index in [2.05, 4.69) is 15.4 Å². The van der Waals surface area contributed by atoms with Crippen LogP contribution >= 0.6 is 11.6 Å². The summed E-state index contributed by atoms with van der Waals surface area (Å²) in [6, 6.07) is 3.80. The molecule has 2 aliphatic heterocycles. The van der Waals surface area contributed by atoms with Crippen molar-refractivity contribution < 1.29 is 38.4 Å². The van der Waals surface area contributed by atoms with Crippen molar-refractivity contribution in [2.45, 2.75) is 25.0 Å². The Hall–Kier alpha value is -4.45. The van der Waals surface area contributed by atoms with Crippen LogP contribution in [0.15, 0.2) is 35.8 Å². The summed E-state index contributed by atoms with van der Waals surface area (Å²) in [4.78, 5) is 33.2. The first kappa shape index (κ1) is 25.8. The lowest BCUT2D eigenvalue weighted by molar-refractivity contribution is -0.130. The molecule has 0 saturated heterocycles. The summed E-state index contributed by atoms with van der Waals surface area (Å²) in [5, 5.41) is 18.2. The molecule has 0 fully saturated rings. The number of carbonyl (C=O) groups excluding carboxylic acids is 2. The monoisotopic (exact) mass is 568 g/mol. The number of ether oxygens (including phenoxy) is 5. The van der Waals surface area contributed by atoms with Crippen molar-refractivity contribution in [1.29, 1.82) is 0 Å². The fraction of sp³-hybridized carbons (Fsp3) is 0.333. The van der Waals surface area contributed by atoms with Gasteiger partial charge in [0.2, 0.25) is 28.9 Å². The topological polar surface area (TPSA) is 143 Å². The SMILES string of the molecule is COc1cc(C2C3=C(C[C@@H](C)[C@]4(Oc5c(Cl)c(OC)cc(OC)c5C4=O)C3=O)Nc3ncnn32)cc(OC)c1O. The Morgan fingerprint density at radius 1 is 1.02 bits per heavy atom. The molecule has 2 N–H and O–H groups in total. The van der Waals surface area contributed by atoms with Crippen LogP contribution in [0.5, 0.6) is 34.5 Å². The van der Waals surface area contributed by atoms with E-state index in [1.807, 2.05) is 0 Å². The molecule has 1 unspecified atom stereocenters. The van der Waals surface area contributed by atoms with E-state index in [4.69, 9.17) is 35.3 Å². The van der Waals surface area contributed by atoms with Gasteiger partial charge in [-0.05, 0) is 24.1 Å². The van der Waals surface area contributed by atoms with Crippen molar-refractivity contribution in [1.82, 2.24) is 14.8 Å². The number of nitrogens with zero attached hydrogens (tertiary/aromatic N) is 3. The zero-order chi connectivity index (χ0) is 28.5. The summed E-state index contributed by atoms with van der Waals surface area (Å²) in [5.74, 6) is -0.800. The molecule has 13 heteroatoms. The van der Waals surface area contributed by atoms with E-state index in [-0.39, 0.29) is 57.1 Å². The number of hydrogen-bond donors (Lipinski definition) is 2. The molecule has 0 saturated carbocycles. The fourth-order valence-corrected chi connectivity index (χ4v) is 6.03. The highest BCUT2D eigenvalue weighted by molar-refractivity contribution is 6.36. The molecule has 40 heavy (non-hydrogen) atoms.